The van der Waals surface area contributed by atoms with Gasteiger partial charge in [-0.15, -0.1) is 0 Å². The zero-order chi connectivity index (χ0) is 26.2. The molecule has 0 aromatic rings. The minimum Gasteiger partial charge on any atom is -0.478 e. The molecule has 0 saturated carbocycles. The third-order valence-electron chi connectivity index (χ3n) is 3.55. The van der Waals surface area contributed by atoms with E-state index in [0.717, 1.165) is 6.08 Å². The summed E-state index contributed by atoms with van der Waals surface area (Å²) in [5, 5.41) is 25.2. The number of hydrogen-bond donors (Lipinski definition) is 3. The molecule has 210 valence electrons. The van der Waals surface area contributed by atoms with Gasteiger partial charge in [0.1, 0.15) is 0 Å². The molecule has 0 heterocycles. The average molecular weight is 517 g/mol. The van der Waals surface area contributed by atoms with Gasteiger partial charge in [-0.05, 0) is 0 Å². The Morgan fingerprint density at radius 2 is 0.914 bits per heavy atom. The predicted octanol–water partition coefficient (Wildman–Crippen LogP) is -0.667. The number of carbonyl (C=O) groups is 1. The lowest BCUT2D eigenvalue weighted by atomic mass is 10.6. The van der Waals surface area contributed by atoms with Crippen LogP contribution in [-0.2, 0) is 47.4 Å². The summed E-state index contributed by atoms with van der Waals surface area (Å²) in [6, 6.07) is 0. The van der Waals surface area contributed by atoms with Crippen LogP contribution in [0.1, 0.15) is 0 Å². The Kier molecular flexibility index (Phi) is 33.6. The van der Waals surface area contributed by atoms with Gasteiger partial charge in [-0.25, -0.2) is 4.79 Å². The normalized spacial score (nSPS) is 11.6. The molecular formula is C22H44O13. The molecule has 0 spiro atoms. The fourth-order valence-electron chi connectivity index (χ4n) is 1.86. The summed E-state index contributed by atoms with van der Waals surface area (Å²) in [5.74, 6) is -0.981. The van der Waals surface area contributed by atoms with Gasteiger partial charge in [0.25, 0.3) is 0 Å². The van der Waals surface area contributed by atoms with Crippen molar-refractivity contribution in [3.63, 3.8) is 0 Å². The smallest absolute Gasteiger partial charge is 0.327 e. The van der Waals surface area contributed by atoms with Crippen molar-refractivity contribution in [1.82, 2.24) is 0 Å². The van der Waals surface area contributed by atoms with Crippen LogP contribution in [0.25, 0.3) is 0 Å². The molecule has 0 fully saturated rings. The Bertz CT molecular complexity index is 426. The van der Waals surface area contributed by atoms with Gasteiger partial charge >= 0.3 is 5.97 Å². The predicted molar refractivity (Wildman–Crippen MR) is 124 cm³/mol. The Hall–Kier alpha value is -1.23. The minimum atomic E-state index is -0.981. The van der Waals surface area contributed by atoms with Gasteiger partial charge in [0, 0.05) is 13.2 Å². The SMILES string of the molecule is C=CC(=O)O.COC(O)COCCOCCOCCOCCOCCOCCOCCOCCO. The largest absolute Gasteiger partial charge is 0.478 e. The third kappa shape index (κ3) is 37.5. The molecule has 0 aliphatic heterocycles. The maximum atomic E-state index is 9.25. The second-order valence-corrected chi connectivity index (χ2v) is 6.32. The Morgan fingerprint density at radius 3 is 1.14 bits per heavy atom. The number of aliphatic carboxylic acids is 1. The van der Waals surface area contributed by atoms with Gasteiger partial charge in [-0.1, -0.05) is 6.58 Å². The molecule has 0 amide bonds. The summed E-state index contributed by atoms with van der Waals surface area (Å²) in [7, 11) is 1.41. The molecule has 1 unspecified atom stereocenters. The quantitative estimate of drug-likeness (QED) is 0.0717. The van der Waals surface area contributed by atoms with E-state index in [1.807, 2.05) is 0 Å². The van der Waals surface area contributed by atoms with Crippen molar-refractivity contribution in [2.24, 2.45) is 0 Å². The van der Waals surface area contributed by atoms with E-state index in [1.165, 1.54) is 7.11 Å². The van der Waals surface area contributed by atoms with Crippen molar-refractivity contribution in [2.75, 3.05) is 119 Å². The number of carboxylic acids is 1. The van der Waals surface area contributed by atoms with Crippen LogP contribution < -0.4 is 0 Å². The number of rotatable bonds is 27. The van der Waals surface area contributed by atoms with Crippen LogP contribution in [0.2, 0.25) is 0 Å². The molecule has 3 N–H and O–H groups in total. The highest BCUT2D eigenvalue weighted by Crippen LogP contribution is 1.87. The number of hydrogen-bond acceptors (Lipinski definition) is 12. The first-order valence-electron chi connectivity index (χ1n) is 11.4. The van der Waals surface area contributed by atoms with Gasteiger partial charge in [0.2, 0.25) is 0 Å². The Morgan fingerprint density at radius 1 is 0.657 bits per heavy atom. The number of ether oxygens (including phenoxy) is 9. The lowest BCUT2D eigenvalue weighted by Crippen LogP contribution is -2.19. The summed E-state index contributed by atoms with van der Waals surface area (Å²) in [6.45, 7) is 10.2. The monoisotopic (exact) mass is 516 g/mol. The van der Waals surface area contributed by atoms with Gasteiger partial charge in [0.15, 0.2) is 6.29 Å². The molecule has 35 heavy (non-hydrogen) atoms. The van der Waals surface area contributed by atoms with Crippen molar-refractivity contribution in [1.29, 1.82) is 0 Å². The van der Waals surface area contributed by atoms with E-state index in [4.69, 9.17) is 53.2 Å². The van der Waals surface area contributed by atoms with E-state index in [0.29, 0.717) is 99.1 Å². The van der Waals surface area contributed by atoms with E-state index >= 15 is 0 Å². The van der Waals surface area contributed by atoms with E-state index in [9.17, 15) is 4.79 Å². The van der Waals surface area contributed by atoms with Crippen LogP contribution in [0.15, 0.2) is 12.7 Å². The first-order valence-corrected chi connectivity index (χ1v) is 11.4. The van der Waals surface area contributed by atoms with Gasteiger partial charge in [-0.2, -0.15) is 0 Å². The lowest BCUT2D eigenvalue weighted by molar-refractivity contribution is -0.131. The number of aliphatic hydroxyl groups is 2. The average Bonchev–Trinajstić information content (AvgIpc) is 2.86. The van der Waals surface area contributed by atoms with Gasteiger partial charge in [-0.3, -0.25) is 0 Å². The van der Waals surface area contributed by atoms with Crippen molar-refractivity contribution >= 4 is 5.97 Å². The van der Waals surface area contributed by atoms with Crippen LogP contribution in [0.5, 0.6) is 0 Å². The van der Waals surface area contributed by atoms with E-state index in [1.54, 1.807) is 0 Å². The second-order valence-electron chi connectivity index (χ2n) is 6.32. The molecule has 13 heteroatoms. The zero-order valence-electron chi connectivity index (χ0n) is 20.8. The highest BCUT2D eigenvalue weighted by Gasteiger charge is 2.00. The zero-order valence-corrected chi connectivity index (χ0v) is 20.8. The standard InChI is InChI=1S/C19H40O11.C3H4O2/c1-22-19(21)18-30-17-16-29-15-14-28-13-12-27-11-10-26-9-8-25-7-6-24-5-4-23-3-2-20;1-2-3(4)5/h19-21H,2-18H2,1H3;2H,1H2,(H,4,5). The molecule has 0 bridgehead atoms. The molecule has 0 aromatic carbocycles. The summed E-state index contributed by atoms with van der Waals surface area (Å²) < 4.78 is 46.9. The second kappa shape index (κ2) is 32.8. The van der Waals surface area contributed by atoms with Crippen LogP contribution in [-0.4, -0.2) is 147 Å². The molecule has 0 aliphatic carbocycles. The molecule has 0 rings (SSSR count). The molecular weight excluding hydrogens is 472 g/mol. The summed E-state index contributed by atoms with van der Waals surface area (Å²) >= 11 is 0. The summed E-state index contributed by atoms with van der Waals surface area (Å²) in [6.07, 6.45) is -0.0628. The van der Waals surface area contributed by atoms with E-state index < -0.39 is 12.3 Å². The van der Waals surface area contributed by atoms with Gasteiger partial charge < -0.3 is 58.0 Å². The van der Waals surface area contributed by atoms with Gasteiger partial charge in [0.05, 0.1) is 112 Å². The Balaban J connectivity index is 0. The maximum absolute atomic E-state index is 9.25. The fraction of sp³-hybridized carbons (Fsp3) is 0.864. The van der Waals surface area contributed by atoms with Crippen molar-refractivity contribution < 1.29 is 62.7 Å². The number of methoxy groups -OCH3 is 1. The van der Waals surface area contributed by atoms with Crippen molar-refractivity contribution in [3.8, 4) is 0 Å². The molecule has 13 nitrogen and oxygen atoms in total. The fourth-order valence-corrected chi connectivity index (χ4v) is 1.86. The number of carboxylic acid groups (broad SMARTS) is 1. The van der Waals surface area contributed by atoms with Crippen LogP contribution >= 0.6 is 0 Å². The summed E-state index contributed by atoms with van der Waals surface area (Å²) in [4.78, 5) is 9.25. The molecule has 1 atom stereocenters. The van der Waals surface area contributed by atoms with E-state index in [-0.39, 0.29) is 13.2 Å². The summed E-state index contributed by atoms with van der Waals surface area (Å²) in [5.41, 5.74) is 0. The first kappa shape index (κ1) is 35.9. The molecule has 0 aliphatic rings. The molecule has 0 saturated heterocycles. The van der Waals surface area contributed by atoms with Crippen LogP contribution in [0.4, 0.5) is 0 Å². The van der Waals surface area contributed by atoms with Crippen molar-refractivity contribution in [3.05, 3.63) is 12.7 Å². The first-order chi connectivity index (χ1) is 17.1. The van der Waals surface area contributed by atoms with Crippen LogP contribution in [0, 0.1) is 0 Å². The number of aliphatic hydroxyl groups excluding tert-OH is 2. The van der Waals surface area contributed by atoms with Crippen LogP contribution in [0.3, 0.4) is 0 Å². The van der Waals surface area contributed by atoms with Crippen molar-refractivity contribution in [2.45, 2.75) is 6.29 Å². The van der Waals surface area contributed by atoms with E-state index in [2.05, 4.69) is 11.3 Å². The lowest BCUT2D eigenvalue weighted by Gasteiger charge is -2.10. The molecule has 0 radical (unpaired) electrons. The Labute approximate surface area is 207 Å². The highest BCUT2D eigenvalue weighted by atomic mass is 16.6. The minimum absolute atomic E-state index is 0.0263. The highest BCUT2D eigenvalue weighted by molar-refractivity contribution is 5.78. The molecule has 0 aromatic heterocycles. The maximum Gasteiger partial charge on any atom is 0.327 e. The third-order valence-corrected chi connectivity index (χ3v) is 3.55. The topological polar surface area (TPSA) is 161 Å².